The highest BCUT2D eigenvalue weighted by molar-refractivity contribution is 5.36. The van der Waals surface area contributed by atoms with Crippen LogP contribution in [-0.4, -0.2) is 30.4 Å². The maximum atomic E-state index is 9.44. The van der Waals surface area contributed by atoms with Gasteiger partial charge in [-0.05, 0) is 49.6 Å². The number of ether oxygens (including phenoxy) is 1. The molecule has 0 aliphatic rings. The molecule has 0 saturated carbocycles. The van der Waals surface area contributed by atoms with Crippen LogP contribution in [0, 0.1) is 6.92 Å². The van der Waals surface area contributed by atoms with Crippen LogP contribution in [0.2, 0.25) is 0 Å². The van der Waals surface area contributed by atoms with Crippen molar-refractivity contribution >= 4 is 0 Å². The van der Waals surface area contributed by atoms with Gasteiger partial charge in [-0.15, -0.1) is 0 Å². The van der Waals surface area contributed by atoms with E-state index in [0.717, 1.165) is 18.7 Å². The smallest absolute Gasteiger partial charge is 0.119 e. The minimum Gasteiger partial charge on any atom is -0.494 e. The first-order valence-electron chi connectivity index (χ1n) is 7.51. The molecule has 3 heteroatoms. The van der Waals surface area contributed by atoms with Crippen LogP contribution in [0.25, 0.3) is 0 Å². The maximum Gasteiger partial charge on any atom is 0.119 e. The summed E-state index contributed by atoms with van der Waals surface area (Å²) < 4.78 is 5.81. The first-order valence-corrected chi connectivity index (χ1v) is 7.51. The molecule has 0 radical (unpaired) electrons. The summed E-state index contributed by atoms with van der Waals surface area (Å²) in [6.07, 6.45) is 0.780. The quantitative estimate of drug-likeness (QED) is 0.767. The van der Waals surface area contributed by atoms with Gasteiger partial charge in [0.2, 0.25) is 0 Å². The molecule has 0 aliphatic carbocycles. The van der Waals surface area contributed by atoms with Crippen molar-refractivity contribution in [2.24, 2.45) is 0 Å². The Kier molecular flexibility index (Phi) is 6.50. The molecule has 0 aromatic heterocycles. The topological polar surface area (TPSA) is 41.5 Å². The molecular formula is C17H29NO2. The monoisotopic (exact) mass is 279 g/mol. The number of likely N-dealkylation sites (N-methyl/N-ethyl adjacent to an activating group) is 1. The van der Waals surface area contributed by atoms with Gasteiger partial charge in [-0.1, -0.05) is 26.8 Å². The zero-order valence-electron chi connectivity index (χ0n) is 13.5. The van der Waals surface area contributed by atoms with E-state index in [2.05, 4.69) is 38.2 Å². The van der Waals surface area contributed by atoms with Gasteiger partial charge >= 0.3 is 0 Å². The van der Waals surface area contributed by atoms with Crippen molar-refractivity contribution in [3.63, 3.8) is 0 Å². The van der Waals surface area contributed by atoms with E-state index in [4.69, 9.17) is 4.74 Å². The second-order valence-electron chi connectivity index (χ2n) is 6.02. The molecule has 0 amide bonds. The van der Waals surface area contributed by atoms with Crippen molar-refractivity contribution in [1.29, 1.82) is 0 Å². The Morgan fingerprint density at radius 2 is 2.05 bits per heavy atom. The predicted molar refractivity (Wildman–Crippen MR) is 84.5 cm³/mol. The largest absolute Gasteiger partial charge is 0.494 e. The number of aryl methyl sites for hydroxylation is 1. The van der Waals surface area contributed by atoms with Crippen LogP contribution in [-0.2, 0) is 0 Å². The number of aliphatic hydroxyl groups excluding tert-OH is 1. The van der Waals surface area contributed by atoms with Gasteiger partial charge in [0.25, 0.3) is 0 Å². The molecule has 1 rings (SSSR count). The van der Waals surface area contributed by atoms with Crippen molar-refractivity contribution in [1.82, 2.24) is 5.32 Å². The fourth-order valence-electron chi connectivity index (χ4n) is 2.43. The van der Waals surface area contributed by atoms with Crippen LogP contribution in [0.3, 0.4) is 0 Å². The van der Waals surface area contributed by atoms with Crippen LogP contribution >= 0.6 is 0 Å². The zero-order valence-corrected chi connectivity index (χ0v) is 13.5. The highest BCUT2D eigenvalue weighted by Crippen LogP contribution is 2.23. The first kappa shape index (κ1) is 17.0. The molecule has 0 fully saturated rings. The van der Waals surface area contributed by atoms with Gasteiger partial charge in [-0.2, -0.15) is 0 Å². The molecule has 20 heavy (non-hydrogen) atoms. The molecule has 3 nitrogen and oxygen atoms in total. The van der Waals surface area contributed by atoms with Crippen LogP contribution in [0.4, 0.5) is 0 Å². The molecule has 2 N–H and O–H groups in total. The second kappa shape index (κ2) is 7.65. The molecule has 114 valence electrons. The van der Waals surface area contributed by atoms with E-state index >= 15 is 0 Å². The van der Waals surface area contributed by atoms with Crippen molar-refractivity contribution in [2.75, 3.05) is 19.8 Å². The fourth-order valence-corrected chi connectivity index (χ4v) is 2.43. The summed E-state index contributed by atoms with van der Waals surface area (Å²) in [7, 11) is 0. The van der Waals surface area contributed by atoms with Crippen molar-refractivity contribution < 1.29 is 9.84 Å². The Bertz CT molecular complexity index is 417. The summed E-state index contributed by atoms with van der Waals surface area (Å²) in [6.45, 7) is 12.2. The zero-order chi connectivity index (χ0) is 15.2. The van der Waals surface area contributed by atoms with E-state index in [-0.39, 0.29) is 12.1 Å². The third-order valence-corrected chi connectivity index (χ3v) is 3.74. The van der Waals surface area contributed by atoms with E-state index in [1.165, 1.54) is 11.1 Å². The van der Waals surface area contributed by atoms with Gasteiger partial charge in [0.05, 0.1) is 13.2 Å². The van der Waals surface area contributed by atoms with Gasteiger partial charge < -0.3 is 15.2 Å². The van der Waals surface area contributed by atoms with Crippen LogP contribution in [0.1, 0.15) is 51.2 Å². The van der Waals surface area contributed by atoms with Gasteiger partial charge in [-0.3, -0.25) is 0 Å². The molecule has 0 aliphatic heterocycles. The molecule has 1 unspecified atom stereocenters. The minimum absolute atomic E-state index is 0.121. The first-order chi connectivity index (χ1) is 9.41. The van der Waals surface area contributed by atoms with E-state index in [1.807, 2.05) is 19.9 Å². The lowest BCUT2D eigenvalue weighted by molar-refractivity contribution is 0.146. The van der Waals surface area contributed by atoms with Crippen molar-refractivity contribution in [3.8, 4) is 5.75 Å². The Morgan fingerprint density at radius 3 is 2.55 bits per heavy atom. The molecule has 1 aromatic rings. The Balaban J connectivity index is 2.56. The number of aliphatic hydroxyl groups is 1. The average Bonchev–Trinajstić information content (AvgIpc) is 2.38. The molecule has 1 aromatic carbocycles. The molecule has 0 bridgehead atoms. The fraction of sp³-hybridized carbons (Fsp3) is 0.647. The van der Waals surface area contributed by atoms with Crippen LogP contribution in [0.5, 0.6) is 5.75 Å². The molecule has 0 spiro atoms. The van der Waals surface area contributed by atoms with Gasteiger partial charge in [0.15, 0.2) is 0 Å². The normalized spacial score (nSPS) is 14.3. The van der Waals surface area contributed by atoms with Crippen molar-refractivity contribution in [3.05, 3.63) is 29.3 Å². The third-order valence-electron chi connectivity index (χ3n) is 3.74. The lowest BCUT2D eigenvalue weighted by Crippen LogP contribution is -2.46. The summed E-state index contributed by atoms with van der Waals surface area (Å²) in [5, 5.41) is 12.7. The molecule has 0 heterocycles. The molecule has 1 atom stereocenters. The van der Waals surface area contributed by atoms with Crippen LogP contribution in [0.15, 0.2) is 18.2 Å². The standard InChI is InChI=1S/C17H29NO2/c1-6-18-17(5,12-19)9-10-20-15-7-8-16(13(2)3)14(4)11-15/h7-8,11,13,18-19H,6,9-10,12H2,1-5H3. The number of rotatable bonds is 8. The molecular weight excluding hydrogens is 250 g/mol. The Labute approximate surface area is 123 Å². The van der Waals surface area contributed by atoms with Crippen LogP contribution < -0.4 is 10.1 Å². The second-order valence-corrected chi connectivity index (χ2v) is 6.02. The predicted octanol–water partition coefficient (Wildman–Crippen LogP) is 3.25. The van der Waals surface area contributed by atoms with Gasteiger partial charge in [0.1, 0.15) is 5.75 Å². The summed E-state index contributed by atoms with van der Waals surface area (Å²) in [4.78, 5) is 0. The van der Waals surface area contributed by atoms with E-state index in [1.54, 1.807) is 0 Å². The molecule has 0 saturated heterocycles. The summed E-state index contributed by atoms with van der Waals surface area (Å²) in [6, 6.07) is 6.27. The minimum atomic E-state index is -0.262. The van der Waals surface area contributed by atoms with E-state index in [9.17, 15) is 5.11 Å². The SMILES string of the molecule is CCNC(C)(CO)CCOc1ccc(C(C)C)c(C)c1. The summed E-state index contributed by atoms with van der Waals surface area (Å²) in [5.41, 5.74) is 2.38. The highest BCUT2D eigenvalue weighted by atomic mass is 16.5. The van der Waals surface area contributed by atoms with Gasteiger partial charge in [0, 0.05) is 12.0 Å². The lowest BCUT2D eigenvalue weighted by atomic mass is 9.98. The van der Waals surface area contributed by atoms with E-state index < -0.39 is 0 Å². The van der Waals surface area contributed by atoms with Crippen molar-refractivity contribution in [2.45, 2.75) is 52.5 Å². The lowest BCUT2D eigenvalue weighted by Gasteiger charge is -2.28. The summed E-state index contributed by atoms with van der Waals surface area (Å²) in [5.74, 6) is 1.44. The van der Waals surface area contributed by atoms with Gasteiger partial charge in [-0.25, -0.2) is 0 Å². The highest BCUT2D eigenvalue weighted by Gasteiger charge is 2.21. The third kappa shape index (κ3) is 4.80. The Morgan fingerprint density at radius 1 is 1.35 bits per heavy atom. The van der Waals surface area contributed by atoms with E-state index in [0.29, 0.717) is 12.5 Å². The maximum absolute atomic E-state index is 9.44. The number of hydrogen-bond acceptors (Lipinski definition) is 3. The number of hydrogen-bond donors (Lipinski definition) is 2. The summed E-state index contributed by atoms with van der Waals surface area (Å²) >= 11 is 0. The Hall–Kier alpha value is -1.06. The average molecular weight is 279 g/mol. The number of benzene rings is 1. The number of nitrogens with one attached hydrogen (secondary N) is 1.